The van der Waals surface area contributed by atoms with Crippen LogP contribution < -0.4 is 5.73 Å². The first-order chi connectivity index (χ1) is 9.10. The molecule has 0 saturated carbocycles. The fourth-order valence-electron chi connectivity index (χ4n) is 1.77. The van der Waals surface area contributed by atoms with Crippen LogP contribution in [-0.2, 0) is 17.8 Å². The molecule has 0 radical (unpaired) electrons. The number of benzene rings is 1. The van der Waals surface area contributed by atoms with Crippen molar-refractivity contribution in [3.05, 3.63) is 51.4 Å². The molecule has 2 rings (SSSR count). The van der Waals surface area contributed by atoms with Gasteiger partial charge in [-0.2, -0.15) is 0 Å². The van der Waals surface area contributed by atoms with E-state index in [-0.39, 0.29) is 0 Å². The maximum absolute atomic E-state index is 5.88. The van der Waals surface area contributed by atoms with E-state index < -0.39 is 0 Å². The maximum atomic E-state index is 5.88. The van der Waals surface area contributed by atoms with E-state index in [9.17, 15) is 0 Å². The lowest BCUT2D eigenvalue weighted by molar-refractivity contribution is 0.180. The second-order valence-electron chi connectivity index (χ2n) is 4.38. The van der Waals surface area contributed by atoms with E-state index in [4.69, 9.17) is 10.5 Å². The SMILES string of the molecule is COCc1nc(Cc2ccc(C)cc2)nc(N)c1Br. The van der Waals surface area contributed by atoms with E-state index in [0.29, 0.717) is 29.1 Å². The highest BCUT2D eigenvalue weighted by Crippen LogP contribution is 2.22. The molecule has 0 amide bonds. The minimum absolute atomic E-state index is 0.411. The smallest absolute Gasteiger partial charge is 0.141 e. The molecule has 2 N–H and O–H groups in total. The molecule has 1 heterocycles. The summed E-state index contributed by atoms with van der Waals surface area (Å²) in [7, 11) is 1.63. The van der Waals surface area contributed by atoms with Gasteiger partial charge in [0.05, 0.1) is 16.8 Å². The minimum Gasteiger partial charge on any atom is -0.383 e. The van der Waals surface area contributed by atoms with Crippen molar-refractivity contribution in [2.24, 2.45) is 0 Å². The lowest BCUT2D eigenvalue weighted by atomic mass is 10.1. The molecular weight excluding hydrogens is 306 g/mol. The van der Waals surface area contributed by atoms with E-state index in [1.807, 2.05) is 0 Å². The second-order valence-corrected chi connectivity index (χ2v) is 5.17. The number of nitrogens with two attached hydrogens (primary N) is 1. The predicted molar refractivity (Wildman–Crippen MR) is 78.8 cm³/mol. The number of nitrogen functional groups attached to an aromatic ring is 1. The van der Waals surface area contributed by atoms with Gasteiger partial charge >= 0.3 is 0 Å². The van der Waals surface area contributed by atoms with Gasteiger partial charge in [-0.1, -0.05) is 29.8 Å². The third-order valence-corrected chi connectivity index (χ3v) is 3.62. The first kappa shape index (κ1) is 14.0. The monoisotopic (exact) mass is 321 g/mol. The largest absolute Gasteiger partial charge is 0.383 e. The van der Waals surface area contributed by atoms with Crippen LogP contribution in [0.1, 0.15) is 22.6 Å². The Morgan fingerprint density at radius 2 is 1.89 bits per heavy atom. The van der Waals surface area contributed by atoms with Crippen molar-refractivity contribution in [3.8, 4) is 0 Å². The van der Waals surface area contributed by atoms with Gasteiger partial charge in [-0.25, -0.2) is 9.97 Å². The van der Waals surface area contributed by atoms with Gasteiger partial charge in [0.1, 0.15) is 11.6 Å². The highest BCUT2D eigenvalue weighted by Gasteiger charge is 2.10. The van der Waals surface area contributed by atoms with Crippen LogP contribution in [0.25, 0.3) is 0 Å². The third-order valence-electron chi connectivity index (χ3n) is 2.76. The summed E-state index contributed by atoms with van der Waals surface area (Å²) in [4.78, 5) is 8.78. The Morgan fingerprint density at radius 3 is 2.53 bits per heavy atom. The Balaban J connectivity index is 2.27. The number of hydrogen-bond donors (Lipinski definition) is 1. The molecule has 0 aliphatic carbocycles. The van der Waals surface area contributed by atoms with Gasteiger partial charge in [0.2, 0.25) is 0 Å². The van der Waals surface area contributed by atoms with Crippen molar-refractivity contribution in [2.75, 3.05) is 12.8 Å². The molecule has 1 aromatic carbocycles. The summed E-state index contributed by atoms with van der Waals surface area (Å²) >= 11 is 3.38. The molecule has 2 aromatic rings. The van der Waals surface area contributed by atoms with Crippen LogP contribution in [0.3, 0.4) is 0 Å². The first-order valence-corrected chi connectivity index (χ1v) is 6.74. The van der Waals surface area contributed by atoms with Crippen molar-refractivity contribution in [2.45, 2.75) is 20.0 Å². The van der Waals surface area contributed by atoms with E-state index in [1.54, 1.807) is 7.11 Å². The molecule has 1 aromatic heterocycles. The standard InChI is InChI=1S/C14H16BrN3O/c1-9-3-5-10(6-4-9)7-12-17-11(8-19-2)13(15)14(16)18-12/h3-6H,7-8H2,1-2H3,(H2,16,17,18). The highest BCUT2D eigenvalue weighted by atomic mass is 79.9. The molecular formula is C14H16BrN3O. The summed E-state index contributed by atoms with van der Waals surface area (Å²) < 4.78 is 5.82. The summed E-state index contributed by atoms with van der Waals surface area (Å²) in [6, 6.07) is 8.31. The van der Waals surface area contributed by atoms with Crippen molar-refractivity contribution in [1.82, 2.24) is 9.97 Å². The summed E-state index contributed by atoms with van der Waals surface area (Å²) in [6.45, 7) is 2.47. The zero-order chi connectivity index (χ0) is 13.8. The van der Waals surface area contributed by atoms with Crippen LogP contribution in [0.2, 0.25) is 0 Å². The summed E-state index contributed by atoms with van der Waals surface area (Å²) in [5.74, 6) is 1.15. The average Bonchev–Trinajstić information content (AvgIpc) is 2.38. The Bertz CT molecular complexity index is 570. The topological polar surface area (TPSA) is 61.0 Å². The molecule has 4 nitrogen and oxygen atoms in total. The highest BCUT2D eigenvalue weighted by molar-refractivity contribution is 9.10. The van der Waals surface area contributed by atoms with E-state index in [1.165, 1.54) is 5.56 Å². The van der Waals surface area contributed by atoms with Gasteiger partial charge < -0.3 is 10.5 Å². The number of hydrogen-bond acceptors (Lipinski definition) is 4. The minimum atomic E-state index is 0.411. The number of rotatable bonds is 4. The van der Waals surface area contributed by atoms with E-state index >= 15 is 0 Å². The summed E-state index contributed by atoms with van der Waals surface area (Å²) in [5, 5.41) is 0. The Kier molecular flexibility index (Phi) is 4.50. The van der Waals surface area contributed by atoms with Gasteiger partial charge in [0.25, 0.3) is 0 Å². The zero-order valence-electron chi connectivity index (χ0n) is 11.0. The molecule has 0 bridgehead atoms. The lowest BCUT2D eigenvalue weighted by Gasteiger charge is -2.08. The first-order valence-electron chi connectivity index (χ1n) is 5.95. The fraction of sp³-hybridized carbons (Fsp3) is 0.286. The number of anilines is 1. The number of methoxy groups -OCH3 is 1. The van der Waals surface area contributed by atoms with E-state index in [2.05, 4.69) is 57.1 Å². The Labute approximate surface area is 121 Å². The average molecular weight is 322 g/mol. The molecule has 0 aliphatic rings. The van der Waals surface area contributed by atoms with Gasteiger partial charge in [-0.05, 0) is 28.4 Å². The number of halogens is 1. The lowest BCUT2D eigenvalue weighted by Crippen LogP contribution is -2.07. The molecule has 5 heteroatoms. The van der Waals surface area contributed by atoms with Gasteiger partial charge in [0, 0.05) is 13.5 Å². The van der Waals surface area contributed by atoms with Crippen LogP contribution in [0, 0.1) is 6.92 Å². The van der Waals surface area contributed by atoms with Crippen molar-refractivity contribution < 1.29 is 4.74 Å². The fourth-order valence-corrected chi connectivity index (χ4v) is 2.06. The number of ether oxygens (including phenoxy) is 1. The summed E-state index contributed by atoms with van der Waals surface area (Å²) in [6.07, 6.45) is 0.661. The molecule has 0 saturated heterocycles. The van der Waals surface area contributed by atoms with Gasteiger partial charge in [0.15, 0.2) is 0 Å². The molecule has 100 valence electrons. The van der Waals surface area contributed by atoms with Crippen molar-refractivity contribution in [1.29, 1.82) is 0 Å². The van der Waals surface area contributed by atoms with E-state index in [0.717, 1.165) is 11.3 Å². The molecule has 0 atom stereocenters. The number of aromatic nitrogens is 2. The van der Waals surface area contributed by atoms with Crippen LogP contribution in [0.5, 0.6) is 0 Å². The molecule has 19 heavy (non-hydrogen) atoms. The van der Waals surface area contributed by atoms with Crippen molar-refractivity contribution in [3.63, 3.8) is 0 Å². The number of aryl methyl sites for hydroxylation is 1. The van der Waals surface area contributed by atoms with Crippen LogP contribution in [0.4, 0.5) is 5.82 Å². The van der Waals surface area contributed by atoms with Gasteiger partial charge in [-0.15, -0.1) is 0 Å². The maximum Gasteiger partial charge on any atom is 0.141 e. The summed E-state index contributed by atoms with van der Waals surface area (Å²) in [5.41, 5.74) is 9.05. The van der Waals surface area contributed by atoms with Gasteiger partial charge in [-0.3, -0.25) is 0 Å². The quantitative estimate of drug-likeness (QED) is 0.940. The van der Waals surface area contributed by atoms with Crippen LogP contribution in [-0.4, -0.2) is 17.1 Å². The third kappa shape index (κ3) is 3.52. The Morgan fingerprint density at radius 1 is 1.21 bits per heavy atom. The van der Waals surface area contributed by atoms with Crippen LogP contribution >= 0.6 is 15.9 Å². The van der Waals surface area contributed by atoms with Crippen LogP contribution in [0.15, 0.2) is 28.7 Å². The molecule has 0 unspecified atom stereocenters. The second kappa shape index (κ2) is 6.12. The normalized spacial score (nSPS) is 10.7. The molecule has 0 aliphatic heterocycles. The Hall–Kier alpha value is -1.46. The van der Waals surface area contributed by atoms with Crippen molar-refractivity contribution >= 4 is 21.7 Å². The zero-order valence-corrected chi connectivity index (χ0v) is 12.6. The number of nitrogens with zero attached hydrogens (tertiary/aromatic N) is 2. The molecule has 0 spiro atoms. The molecule has 0 fully saturated rings. The predicted octanol–water partition coefficient (Wildman–Crippen LogP) is 2.87.